The first-order valence-electron chi connectivity index (χ1n) is 21.5. The number of rotatable bonds is 40. The molecule has 0 rings (SSSR count). The number of imide groups is 1. The zero-order valence-electron chi connectivity index (χ0n) is 33.3. The summed E-state index contributed by atoms with van der Waals surface area (Å²) < 4.78 is 21.8. The molecular weight excluding hydrogens is 665 g/mol. The molecule has 304 valence electrons. The minimum atomic E-state index is -4.50. The van der Waals surface area contributed by atoms with Crippen molar-refractivity contribution in [2.45, 2.75) is 225 Å². The Hall–Kier alpha value is -0.830. The van der Waals surface area contributed by atoms with Crippen molar-refractivity contribution in [1.82, 2.24) is 4.90 Å². The van der Waals surface area contributed by atoms with Crippen LogP contribution in [0.25, 0.3) is 0 Å². The molecular formula is C41H82NO8P. The van der Waals surface area contributed by atoms with Gasteiger partial charge in [0.15, 0.2) is 0 Å². The third-order valence-electron chi connectivity index (χ3n) is 9.80. The summed E-state index contributed by atoms with van der Waals surface area (Å²) in [4.78, 5) is 37.3. The van der Waals surface area contributed by atoms with Crippen LogP contribution in [0, 0.1) is 0 Å². The second-order valence-corrected chi connectivity index (χ2v) is 16.2. The summed E-state index contributed by atoms with van der Waals surface area (Å²) in [5.41, 5.74) is 0. The first kappa shape index (κ1) is 50.2. The number of aliphatic hydroxyl groups is 2. The maximum absolute atomic E-state index is 13.1. The Morgan fingerprint density at radius 3 is 1.12 bits per heavy atom. The Balaban J connectivity index is 4.33. The van der Waals surface area contributed by atoms with Crippen LogP contribution in [0.15, 0.2) is 0 Å². The molecule has 0 aromatic heterocycles. The van der Waals surface area contributed by atoms with Crippen molar-refractivity contribution in [3.8, 4) is 0 Å². The topological polar surface area (TPSA) is 134 Å². The molecule has 0 radical (unpaired) electrons. The molecule has 0 bridgehead atoms. The number of phosphoric ester groups is 1. The average Bonchev–Trinajstić information content (AvgIpc) is 3.12. The van der Waals surface area contributed by atoms with E-state index in [4.69, 9.17) is 14.2 Å². The van der Waals surface area contributed by atoms with Crippen LogP contribution in [0.1, 0.15) is 219 Å². The number of aliphatic hydroxyl groups excluding tert-OH is 2. The smallest absolute Gasteiger partial charge is 0.394 e. The molecule has 51 heavy (non-hydrogen) atoms. The number of phosphoric acid groups is 1. The van der Waals surface area contributed by atoms with Crippen molar-refractivity contribution in [1.29, 1.82) is 0 Å². The van der Waals surface area contributed by atoms with Crippen molar-refractivity contribution in [3.05, 3.63) is 0 Å². The molecule has 2 unspecified atom stereocenters. The van der Waals surface area contributed by atoms with E-state index in [-0.39, 0.29) is 37.8 Å². The molecule has 0 fully saturated rings. The van der Waals surface area contributed by atoms with Crippen molar-refractivity contribution >= 4 is 19.6 Å². The van der Waals surface area contributed by atoms with E-state index in [1.807, 2.05) is 0 Å². The van der Waals surface area contributed by atoms with Gasteiger partial charge in [0.2, 0.25) is 11.8 Å². The lowest BCUT2D eigenvalue weighted by molar-refractivity contribution is -0.145. The molecule has 9 nitrogen and oxygen atoms in total. The van der Waals surface area contributed by atoms with Crippen LogP contribution >= 0.6 is 7.82 Å². The number of carbonyl (C=O) groups is 2. The number of nitrogens with zero attached hydrogens (tertiary/aromatic N) is 1. The van der Waals surface area contributed by atoms with Crippen LogP contribution in [-0.2, 0) is 23.2 Å². The van der Waals surface area contributed by atoms with Crippen LogP contribution in [0.4, 0.5) is 0 Å². The summed E-state index contributed by atoms with van der Waals surface area (Å²) in [7, 11) is -4.50. The predicted molar refractivity (Wildman–Crippen MR) is 211 cm³/mol. The van der Waals surface area contributed by atoms with E-state index in [0.29, 0.717) is 12.8 Å². The monoisotopic (exact) mass is 748 g/mol. The highest BCUT2D eigenvalue weighted by atomic mass is 31.2. The average molecular weight is 748 g/mol. The summed E-state index contributed by atoms with van der Waals surface area (Å²) >= 11 is 0. The van der Waals surface area contributed by atoms with Gasteiger partial charge in [0.1, 0.15) is 6.10 Å². The standard InChI is InChI=1S/C41H82NO8P/c1-3-5-7-9-11-13-15-17-19-21-23-25-27-29-31-33-40(45)42(35-36-49-51(47,48)50-38-39(44)37-43)41(46)34-32-30-28-26-24-22-20-18-16-14-12-10-8-6-4-2/h39,43-44H,3-38H2,1-2H3,(H,47,48). The fourth-order valence-corrected chi connectivity index (χ4v) is 7.22. The highest BCUT2D eigenvalue weighted by molar-refractivity contribution is 7.47. The lowest BCUT2D eigenvalue weighted by atomic mass is 10.0. The molecule has 0 heterocycles. The van der Waals surface area contributed by atoms with E-state index in [1.54, 1.807) is 0 Å². The van der Waals surface area contributed by atoms with Gasteiger partial charge in [-0.25, -0.2) is 4.57 Å². The van der Waals surface area contributed by atoms with Crippen LogP contribution in [0.3, 0.4) is 0 Å². The van der Waals surface area contributed by atoms with E-state index in [0.717, 1.165) is 38.5 Å². The molecule has 2 atom stereocenters. The Kier molecular flexibility index (Phi) is 36.9. The Morgan fingerprint density at radius 2 is 0.824 bits per heavy atom. The van der Waals surface area contributed by atoms with E-state index in [9.17, 15) is 24.2 Å². The summed E-state index contributed by atoms with van der Waals surface area (Å²) in [5.74, 6) is -0.549. The maximum Gasteiger partial charge on any atom is 0.472 e. The molecule has 10 heteroatoms. The number of unbranched alkanes of at least 4 members (excludes halogenated alkanes) is 28. The second kappa shape index (κ2) is 37.5. The van der Waals surface area contributed by atoms with Crippen LogP contribution in [0.5, 0.6) is 0 Å². The molecule has 0 saturated heterocycles. The van der Waals surface area contributed by atoms with Crippen molar-refractivity contribution in [2.24, 2.45) is 0 Å². The normalized spacial score (nSPS) is 13.4. The molecule has 0 aliphatic carbocycles. The van der Waals surface area contributed by atoms with Crippen molar-refractivity contribution in [2.75, 3.05) is 26.4 Å². The number of hydrogen-bond donors (Lipinski definition) is 3. The summed E-state index contributed by atoms with van der Waals surface area (Å²) in [6.45, 7) is 2.85. The fraction of sp³-hybridized carbons (Fsp3) is 0.951. The number of amides is 2. The Labute approximate surface area is 314 Å². The zero-order chi connectivity index (χ0) is 37.7. The zero-order valence-corrected chi connectivity index (χ0v) is 34.2. The van der Waals surface area contributed by atoms with Gasteiger partial charge in [-0.2, -0.15) is 0 Å². The van der Waals surface area contributed by atoms with Gasteiger partial charge in [-0.1, -0.05) is 194 Å². The van der Waals surface area contributed by atoms with Gasteiger partial charge in [0.25, 0.3) is 0 Å². The number of carbonyl (C=O) groups excluding carboxylic acids is 2. The summed E-state index contributed by atoms with van der Waals surface area (Å²) in [6.07, 6.45) is 36.3. The lowest BCUT2D eigenvalue weighted by Crippen LogP contribution is -2.39. The highest BCUT2D eigenvalue weighted by Crippen LogP contribution is 2.43. The molecule has 0 aliphatic heterocycles. The van der Waals surface area contributed by atoms with Gasteiger partial charge in [-0.15, -0.1) is 0 Å². The molecule has 0 spiro atoms. The van der Waals surface area contributed by atoms with E-state index >= 15 is 0 Å². The Bertz CT molecular complexity index is 783. The predicted octanol–water partition coefficient (Wildman–Crippen LogP) is 11.4. The Morgan fingerprint density at radius 1 is 0.529 bits per heavy atom. The molecule has 0 aromatic carbocycles. The van der Waals surface area contributed by atoms with Gasteiger partial charge in [0, 0.05) is 12.8 Å². The van der Waals surface area contributed by atoms with Crippen molar-refractivity contribution in [3.63, 3.8) is 0 Å². The summed E-state index contributed by atoms with van der Waals surface area (Å²) in [5, 5.41) is 18.3. The van der Waals surface area contributed by atoms with E-state index in [2.05, 4.69) is 13.8 Å². The first-order chi connectivity index (χ1) is 24.8. The number of hydrogen-bond acceptors (Lipinski definition) is 7. The maximum atomic E-state index is 13.1. The van der Waals surface area contributed by atoms with Gasteiger partial charge in [-0.05, 0) is 12.8 Å². The van der Waals surface area contributed by atoms with E-state index in [1.165, 1.54) is 146 Å². The van der Waals surface area contributed by atoms with Crippen LogP contribution in [-0.4, -0.2) is 64.3 Å². The molecule has 2 amide bonds. The SMILES string of the molecule is CCCCCCCCCCCCCCCCCC(=O)N(CCOP(=O)(O)OCC(O)CO)C(=O)CCCCCCCCCCCCCCCCC. The van der Waals surface area contributed by atoms with Gasteiger partial charge >= 0.3 is 7.82 Å². The molecule has 0 aliphatic rings. The van der Waals surface area contributed by atoms with Crippen LogP contribution in [0.2, 0.25) is 0 Å². The fourth-order valence-electron chi connectivity index (χ4n) is 6.47. The van der Waals surface area contributed by atoms with Crippen molar-refractivity contribution < 1.29 is 38.3 Å². The minimum Gasteiger partial charge on any atom is -0.394 e. The third kappa shape index (κ3) is 34.7. The molecule has 3 N–H and O–H groups in total. The summed E-state index contributed by atoms with van der Waals surface area (Å²) in [6, 6.07) is 0. The highest BCUT2D eigenvalue weighted by Gasteiger charge is 2.25. The largest absolute Gasteiger partial charge is 0.472 e. The quantitative estimate of drug-likeness (QED) is 0.0417. The first-order valence-corrected chi connectivity index (χ1v) is 23.0. The van der Waals surface area contributed by atoms with E-state index < -0.39 is 27.1 Å². The third-order valence-corrected chi connectivity index (χ3v) is 10.8. The second-order valence-electron chi connectivity index (χ2n) is 14.8. The minimum absolute atomic E-state index is 0.133. The van der Waals surface area contributed by atoms with Gasteiger partial charge in [-0.3, -0.25) is 23.5 Å². The van der Waals surface area contributed by atoms with Gasteiger partial charge in [0.05, 0.1) is 26.4 Å². The van der Waals surface area contributed by atoms with Gasteiger partial charge < -0.3 is 15.1 Å². The van der Waals surface area contributed by atoms with Crippen LogP contribution < -0.4 is 0 Å². The lowest BCUT2D eigenvalue weighted by Gasteiger charge is -2.22. The molecule has 0 saturated carbocycles. The molecule has 0 aromatic rings.